The number of carbonyl (C=O) groups is 1. The zero-order chi connectivity index (χ0) is 16.8. The molecule has 0 radical (unpaired) electrons. The van der Waals surface area contributed by atoms with E-state index >= 15 is 0 Å². The number of carbonyl (C=O) groups excluding carboxylic acids is 1. The van der Waals surface area contributed by atoms with Crippen molar-refractivity contribution in [2.45, 2.75) is 30.3 Å². The van der Waals surface area contributed by atoms with Gasteiger partial charge in [0.25, 0.3) is 0 Å². The molecule has 1 aromatic carbocycles. The average molecular weight is 345 g/mol. The minimum absolute atomic E-state index is 0.167. The van der Waals surface area contributed by atoms with Crippen molar-refractivity contribution >= 4 is 27.7 Å². The maximum atomic E-state index is 12.0. The Morgan fingerprint density at radius 3 is 2.68 bits per heavy atom. The fraction of sp³-hybridized carbons (Fsp3) is 0.500. The summed E-state index contributed by atoms with van der Waals surface area (Å²) in [6, 6.07) is 5.60. The van der Waals surface area contributed by atoms with Gasteiger partial charge in [-0.25, -0.2) is 13.1 Å². The van der Waals surface area contributed by atoms with Gasteiger partial charge in [0.2, 0.25) is 15.9 Å². The molecular formula is C14H23N3O3S2. The van der Waals surface area contributed by atoms with Gasteiger partial charge in [-0.3, -0.25) is 4.79 Å². The normalized spacial score (nSPS) is 14.4. The topological polar surface area (TPSA) is 101 Å². The highest BCUT2D eigenvalue weighted by Gasteiger charge is 2.18. The first-order valence-corrected chi connectivity index (χ1v) is 9.78. The molecule has 0 saturated heterocycles. The summed E-state index contributed by atoms with van der Waals surface area (Å²) in [5.74, 6) is 0.585. The third kappa shape index (κ3) is 5.28. The highest BCUT2D eigenvalue weighted by molar-refractivity contribution is 7.98. The SMILES string of the molecule is CNS(=O)(=O)c1cccc(C(C)NC(=O)[C@@H](N)CCSC)c1. The monoisotopic (exact) mass is 345 g/mol. The second kappa shape index (κ2) is 8.52. The smallest absolute Gasteiger partial charge is 0.240 e. The molecule has 0 aliphatic carbocycles. The molecule has 22 heavy (non-hydrogen) atoms. The fourth-order valence-corrected chi connectivity index (χ4v) is 3.12. The van der Waals surface area contributed by atoms with Gasteiger partial charge in [-0.1, -0.05) is 12.1 Å². The van der Waals surface area contributed by atoms with Crippen molar-refractivity contribution in [1.29, 1.82) is 0 Å². The van der Waals surface area contributed by atoms with Crippen molar-refractivity contribution in [1.82, 2.24) is 10.0 Å². The van der Waals surface area contributed by atoms with Crippen molar-refractivity contribution in [3.63, 3.8) is 0 Å². The molecule has 4 N–H and O–H groups in total. The summed E-state index contributed by atoms with van der Waals surface area (Å²) < 4.78 is 25.9. The Morgan fingerprint density at radius 1 is 1.41 bits per heavy atom. The summed E-state index contributed by atoms with van der Waals surface area (Å²) in [7, 11) is -2.14. The zero-order valence-corrected chi connectivity index (χ0v) is 14.6. The highest BCUT2D eigenvalue weighted by atomic mass is 32.2. The number of nitrogens with two attached hydrogens (primary N) is 1. The summed E-state index contributed by atoms with van der Waals surface area (Å²) in [4.78, 5) is 12.2. The lowest BCUT2D eigenvalue weighted by Gasteiger charge is -2.18. The number of hydrogen-bond donors (Lipinski definition) is 3. The van der Waals surface area contributed by atoms with Crippen LogP contribution in [0.15, 0.2) is 29.2 Å². The molecule has 0 spiro atoms. The van der Waals surface area contributed by atoms with Crippen molar-refractivity contribution in [3.8, 4) is 0 Å². The lowest BCUT2D eigenvalue weighted by Crippen LogP contribution is -2.42. The Balaban J connectivity index is 2.80. The van der Waals surface area contributed by atoms with Gasteiger partial charge in [0.05, 0.1) is 17.0 Å². The van der Waals surface area contributed by atoms with E-state index in [1.54, 1.807) is 36.9 Å². The lowest BCUT2D eigenvalue weighted by atomic mass is 10.1. The molecule has 0 aliphatic heterocycles. The second-order valence-electron chi connectivity index (χ2n) is 4.90. The molecule has 8 heteroatoms. The number of hydrogen-bond acceptors (Lipinski definition) is 5. The molecule has 1 aromatic rings. The molecule has 0 bridgehead atoms. The number of rotatable bonds is 8. The summed E-state index contributed by atoms with van der Waals surface area (Å²) in [5.41, 5.74) is 6.53. The van der Waals surface area contributed by atoms with Crippen LogP contribution in [0.4, 0.5) is 0 Å². The van der Waals surface area contributed by atoms with E-state index in [1.165, 1.54) is 13.1 Å². The van der Waals surface area contributed by atoms with Crippen molar-refractivity contribution in [2.75, 3.05) is 19.1 Å². The standard InChI is InChI=1S/C14H23N3O3S2/c1-10(17-14(18)13(15)7-8-21-3)11-5-4-6-12(9-11)22(19,20)16-2/h4-6,9-10,13,16H,7-8,15H2,1-3H3,(H,17,18)/t10?,13-/m0/s1. The van der Waals surface area contributed by atoms with E-state index < -0.39 is 16.1 Å². The van der Waals surface area contributed by atoms with Crippen molar-refractivity contribution in [2.24, 2.45) is 5.73 Å². The van der Waals surface area contributed by atoms with Gasteiger partial charge in [0.15, 0.2) is 0 Å². The Kier molecular flexibility index (Phi) is 7.34. The zero-order valence-electron chi connectivity index (χ0n) is 13.0. The third-order valence-electron chi connectivity index (χ3n) is 3.27. The second-order valence-corrected chi connectivity index (χ2v) is 7.77. The van der Waals surface area contributed by atoms with E-state index in [0.29, 0.717) is 12.0 Å². The van der Waals surface area contributed by atoms with Crippen LogP contribution in [0.3, 0.4) is 0 Å². The largest absolute Gasteiger partial charge is 0.348 e. The molecular weight excluding hydrogens is 322 g/mol. The third-order valence-corrected chi connectivity index (χ3v) is 5.32. The Bertz CT molecular complexity index is 605. The summed E-state index contributed by atoms with van der Waals surface area (Å²) in [5, 5.41) is 2.81. The van der Waals surface area contributed by atoms with E-state index in [0.717, 1.165) is 5.75 Å². The Hall–Kier alpha value is -1.09. The van der Waals surface area contributed by atoms with E-state index in [1.807, 2.05) is 6.26 Å². The molecule has 0 aliphatic rings. The van der Waals surface area contributed by atoms with Crippen LogP contribution >= 0.6 is 11.8 Å². The molecule has 6 nitrogen and oxygen atoms in total. The molecule has 1 rings (SSSR count). The number of benzene rings is 1. The number of sulfonamides is 1. The predicted octanol–water partition coefficient (Wildman–Crippen LogP) is 0.852. The van der Waals surface area contributed by atoms with Crippen LogP contribution in [0.1, 0.15) is 24.9 Å². The van der Waals surface area contributed by atoms with E-state index in [9.17, 15) is 13.2 Å². The summed E-state index contributed by atoms with van der Waals surface area (Å²) in [6.45, 7) is 1.80. The van der Waals surface area contributed by atoms with Crippen LogP contribution in [0.5, 0.6) is 0 Å². The Labute approximate surface area is 136 Å². The van der Waals surface area contributed by atoms with Crippen LogP contribution < -0.4 is 15.8 Å². The fourth-order valence-electron chi connectivity index (χ4n) is 1.85. The van der Waals surface area contributed by atoms with Gasteiger partial charge in [-0.05, 0) is 50.1 Å². The molecule has 124 valence electrons. The van der Waals surface area contributed by atoms with Gasteiger partial charge in [-0.2, -0.15) is 11.8 Å². The summed E-state index contributed by atoms with van der Waals surface area (Å²) >= 11 is 1.64. The average Bonchev–Trinajstić information content (AvgIpc) is 2.52. The quantitative estimate of drug-likeness (QED) is 0.648. The van der Waals surface area contributed by atoms with E-state index in [2.05, 4.69) is 10.0 Å². The Morgan fingerprint density at radius 2 is 2.09 bits per heavy atom. The van der Waals surface area contributed by atoms with Gasteiger partial charge < -0.3 is 11.1 Å². The van der Waals surface area contributed by atoms with Crippen LogP contribution in [0.2, 0.25) is 0 Å². The number of amides is 1. The molecule has 1 amide bonds. The first-order chi connectivity index (χ1) is 10.3. The molecule has 0 fully saturated rings. The van der Waals surface area contributed by atoms with Crippen LogP contribution in [-0.2, 0) is 14.8 Å². The number of nitrogens with one attached hydrogen (secondary N) is 2. The molecule has 0 aromatic heterocycles. The van der Waals surface area contributed by atoms with E-state index in [-0.39, 0.29) is 16.8 Å². The molecule has 1 unspecified atom stereocenters. The van der Waals surface area contributed by atoms with Crippen molar-refractivity contribution < 1.29 is 13.2 Å². The molecule has 0 heterocycles. The first kappa shape index (κ1) is 19.0. The van der Waals surface area contributed by atoms with Gasteiger partial charge in [0.1, 0.15) is 0 Å². The van der Waals surface area contributed by atoms with Crippen LogP contribution in [-0.4, -0.2) is 39.4 Å². The maximum Gasteiger partial charge on any atom is 0.240 e. The number of thioether (sulfide) groups is 1. The van der Waals surface area contributed by atoms with Gasteiger partial charge in [0, 0.05) is 0 Å². The van der Waals surface area contributed by atoms with Crippen molar-refractivity contribution in [3.05, 3.63) is 29.8 Å². The van der Waals surface area contributed by atoms with E-state index in [4.69, 9.17) is 5.73 Å². The minimum Gasteiger partial charge on any atom is -0.348 e. The highest BCUT2D eigenvalue weighted by Crippen LogP contribution is 2.17. The van der Waals surface area contributed by atoms with Gasteiger partial charge in [-0.15, -0.1) is 0 Å². The van der Waals surface area contributed by atoms with Crippen LogP contribution in [0.25, 0.3) is 0 Å². The predicted molar refractivity (Wildman–Crippen MR) is 90.2 cm³/mol. The van der Waals surface area contributed by atoms with Crippen LogP contribution in [0, 0.1) is 0 Å². The molecule has 2 atom stereocenters. The minimum atomic E-state index is -3.50. The summed E-state index contributed by atoms with van der Waals surface area (Å²) in [6.07, 6.45) is 2.56. The molecule has 0 saturated carbocycles. The lowest BCUT2D eigenvalue weighted by molar-refractivity contribution is -0.123. The van der Waals surface area contributed by atoms with Gasteiger partial charge >= 0.3 is 0 Å². The maximum absolute atomic E-state index is 12.0. The first-order valence-electron chi connectivity index (χ1n) is 6.90.